The van der Waals surface area contributed by atoms with Crippen molar-refractivity contribution in [2.75, 3.05) is 13.2 Å². The van der Waals surface area contributed by atoms with Gasteiger partial charge in [-0.2, -0.15) is 5.10 Å². The van der Waals surface area contributed by atoms with Gasteiger partial charge in [0.15, 0.2) is 11.5 Å². The highest BCUT2D eigenvalue weighted by Gasteiger charge is 2.17. The van der Waals surface area contributed by atoms with Gasteiger partial charge in [0.25, 0.3) is 5.56 Å². The largest absolute Gasteiger partial charge is 0.486 e. The molecule has 0 saturated heterocycles. The van der Waals surface area contributed by atoms with Gasteiger partial charge in [-0.05, 0) is 37.1 Å². The number of hydrogen-bond acceptors (Lipinski definition) is 5. The fourth-order valence-corrected chi connectivity index (χ4v) is 3.58. The van der Waals surface area contributed by atoms with Crippen LogP contribution in [0.15, 0.2) is 35.1 Å². The van der Waals surface area contributed by atoms with Crippen LogP contribution in [0.1, 0.15) is 32.1 Å². The number of ether oxygens (including phenoxy) is 2. The van der Waals surface area contributed by atoms with Crippen molar-refractivity contribution < 1.29 is 14.3 Å². The Hall–Kier alpha value is -2.83. The molecule has 1 fully saturated rings. The van der Waals surface area contributed by atoms with Crippen LogP contribution in [0, 0.1) is 0 Å². The van der Waals surface area contributed by atoms with Gasteiger partial charge in [0, 0.05) is 17.7 Å². The second kappa shape index (κ2) is 7.82. The van der Waals surface area contributed by atoms with E-state index in [1.807, 2.05) is 18.2 Å². The van der Waals surface area contributed by atoms with E-state index in [0.29, 0.717) is 30.4 Å². The quantitative estimate of drug-likeness (QED) is 0.893. The Balaban J connectivity index is 1.51. The Kier molecular flexibility index (Phi) is 5.09. The summed E-state index contributed by atoms with van der Waals surface area (Å²) in [5.41, 5.74) is 1.12. The molecule has 4 rings (SSSR count). The molecule has 0 atom stereocenters. The Morgan fingerprint density at radius 2 is 1.85 bits per heavy atom. The van der Waals surface area contributed by atoms with Gasteiger partial charge in [0.1, 0.15) is 19.8 Å². The zero-order chi connectivity index (χ0) is 18.6. The lowest BCUT2D eigenvalue weighted by molar-refractivity contribution is -0.122. The predicted octanol–water partition coefficient (Wildman–Crippen LogP) is 2.13. The number of carbonyl (C=O) groups is 1. The molecule has 0 unspecified atom stereocenters. The van der Waals surface area contributed by atoms with E-state index in [9.17, 15) is 9.59 Å². The normalized spacial score (nSPS) is 16.7. The molecule has 2 aromatic rings. The molecule has 7 heteroatoms. The molecule has 0 radical (unpaired) electrons. The molecule has 142 valence electrons. The molecule has 1 aliphatic carbocycles. The van der Waals surface area contributed by atoms with Gasteiger partial charge in [0.05, 0.1) is 5.69 Å². The van der Waals surface area contributed by atoms with E-state index in [0.717, 1.165) is 31.2 Å². The first-order valence-electron chi connectivity index (χ1n) is 9.46. The summed E-state index contributed by atoms with van der Waals surface area (Å²) in [4.78, 5) is 24.5. The number of nitrogens with one attached hydrogen (secondary N) is 1. The summed E-state index contributed by atoms with van der Waals surface area (Å²) in [6.07, 6.45) is 5.52. The molecule has 1 amide bonds. The van der Waals surface area contributed by atoms with Crippen molar-refractivity contribution in [3.63, 3.8) is 0 Å². The Morgan fingerprint density at radius 1 is 1.07 bits per heavy atom. The summed E-state index contributed by atoms with van der Waals surface area (Å²) >= 11 is 0. The van der Waals surface area contributed by atoms with Crippen molar-refractivity contribution in [2.24, 2.45) is 0 Å². The lowest BCUT2D eigenvalue weighted by atomic mass is 9.95. The van der Waals surface area contributed by atoms with E-state index >= 15 is 0 Å². The molecular weight excluding hydrogens is 346 g/mol. The first-order valence-corrected chi connectivity index (χ1v) is 9.46. The highest BCUT2D eigenvalue weighted by Crippen LogP contribution is 2.33. The molecule has 2 heterocycles. The SMILES string of the molecule is O=C(Cn1nc(-c2ccc3c(c2)OCCO3)ccc1=O)NC1CCCCC1. The molecule has 0 spiro atoms. The van der Waals surface area contributed by atoms with Crippen LogP contribution in [0.5, 0.6) is 11.5 Å². The van der Waals surface area contributed by atoms with Crippen molar-refractivity contribution in [1.82, 2.24) is 15.1 Å². The number of amides is 1. The maximum Gasteiger partial charge on any atom is 0.267 e. The molecule has 0 bridgehead atoms. The van der Waals surface area contributed by atoms with Gasteiger partial charge < -0.3 is 14.8 Å². The maximum atomic E-state index is 12.3. The van der Waals surface area contributed by atoms with Crippen molar-refractivity contribution in [3.8, 4) is 22.8 Å². The lowest BCUT2D eigenvalue weighted by Crippen LogP contribution is -2.40. The second-order valence-corrected chi connectivity index (χ2v) is 6.98. The van der Waals surface area contributed by atoms with Crippen LogP contribution >= 0.6 is 0 Å². The van der Waals surface area contributed by atoms with E-state index in [-0.39, 0.29) is 24.1 Å². The van der Waals surface area contributed by atoms with Crippen LogP contribution in [-0.4, -0.2) is 34.9 Å². The van der Waals surface area contributed by atoms with Gasteiger partial charge in [-0.25, -0.2) is 4.68 Å². The zero-order valence-electron chi connectivity index (χ0n) is 15.1. The number of fused-ring (bicyclic) bond motifs is 1. The number of aromatic nitrogens is 2. The minimum atomic E-state index is -0.296. The second-order valence-electron chi connectivity index (χ2n) is 6.98. The van der Waals surface area contributed by atoms with Gasteiger partial charge in [-0.1, -0.05) is 19.3 Å². The van der Waals surface area contributed by atoms with Gasteiger partial charge in [-0.3, -0.25) is 9.59 Å². The fourth-order valence-electron chi connectivity index (χ4n) is 3.58. The molecule has 1 aromatic carbocycles. The Bertz CT molecular complexity index is 887. The van der Waals surface area contributed by atoms with Crippen LogP contribution < -0.4 is 20.3 Å². The summed E-state index contributed by atoms with van der Waals surface area (Å²) in [7, 11) is 0. The molecule has 7 nitrogen and oxygen atoms in total. The molecular formula is C20H23N3O4. The summed E-state index contributed by atoms with van der Waals surface area (Å²) in [6, 6.07) is 8.84. The van der Waals surface area contributed by atoms with Crippen LogP contribution in [0.4, 0.5) is 0 Å². The van der Waals surface area contributed by atoms with E-state index in [4.69, 9.17) is 9.47 Å². The van der Waals surface area contributed by atoms with Gasteiger partial charge in [-0.15, -0.1) is 0 Å². The lowest BCUT2D eigenvalue weighted by Gasteiger charge is -2.22. The number of benzene rings is 1. The molecule has 27 heavy (non-hydrogen) atoms. The molecule has 1 aliphatic heterocycles. The monoisotopic (exact) mass is 369 g/mol. The minimum absolute atomic E-state index is 0.0757. The van der Waals surface area contributed by atoms with Crippen LogP contribution in [0.2, 0.25) is 0 Å². The topological polar surface area (TPSA) is 82.5 Å². The third kappa shape index (κ3) is 4.13. The maximum absolute atomic E-state index is 12.3. The molecule has 1 saturated carbocycles. The Labute approximate surface area is 157 Å². The highest BCUT2D eigenvalue weighted by atomic mass is 16.6. The van der Waals surface area contributed by atoms with E-state index in [2.05, 4.69) is 10.4 Å². The first-order chi connectivity index (χ1) is 13.2. The van der Waals surface area contributed by atoms with Crippen LogP contribution in [0.3, 0.4) is 0 Å². The number of hydrogen-bond donors (Lipinski definition) is 1. The highest BCUT2D eigenvalue weighted by molar-refractivity contribution is 5.76. The van der Waals surface area contributed by atoms with Crippen molar-refractivity contribution >= 4 is 5.91 Å². The average molecular weight is 369 g/mol. The van der Waals surface area contributed by atoms with Crippen molar-refractivity contribution in [3.05, 3.63) is 40.7 Å². The third-order valence-corrected chi connectivity index (χ3v) is 4.97. The van der Waals surface area contributed by atoms with Gasteiger partial charge >= 0.3 is 0 Å². The smallest absolute Gasteiger partial charge is 0.267 e. The number of carbonyl (C=O) groups excluding carboxylic acids is 1. The summed E-state index contributed by atoms with van der Waals surface area (Å²) < 4.78 is 12.3. The predicted molar refractivity (Wildman–Crippen MR) is 99.9 cm³/mol. The van der Waals surface area contributed by atoms with E-state index in [1.54, 1.807) is 6.07 Å². The zero-order valence-corrected chi connectivity index (χ0v) is 15.1. The molecule has 1 N–H and O–H groups in total. The van der Waals surface area contributed by atoms with E-state index < -0.39 is 0 Å². The third-order valence-electron chi connectivity index (χ3n) is 4.97. The molecule has 1 aromatic heterocycles. The van der Waals surface area contributed by atoms with Crippen molar-refractivity contribution in [2.45, 2.75) is 44.7 Å². The number of rotatable bonds is 4. The fraction of sp³-hybridized carbons (Fsp3) is 0.450. The summed E-state index contributed by atoms with van der Waals surface area (Å²) in [5, 5.41) is 7.39. The Morgan fingerprint density at radius 3 is 2.67 bits per heavy atom. The minimum Gasteiger partial charge on any atom is -0.486 e. The van der Waals surface area contributed by atoms with E-state index in [1.165, 1.54) is 17.2 Å². The van der Waals surface area contributed by atoms with Crippen LogP contribution in [-0.2, 0) is 11.3 Å². The summed E-state index contributed by atoms with van der Waals surface area (Å²) in [5.74, 6) is 1.19. The number of nitrogens with zero attached hydrogens (tertiary/aromatic N) is 2. The van der Waals surface area contributed by atoms with Crippen LogP contribution in [0.25, 0.3) is 11.3 Å². The standard InChI is InChI=1S/C20H23N3O4/c24-19(21-15-4-2-1-3-5-15)13-23-20(25)9-7-16(22-23)14-6-8-17-18(12-14)27-11-10-26-17/h6-9,12,15H,1-5,10-11,13H2,(H,21,24). The molecule has 2 aliphatic rings. The summed E-state index contributed by atoms with van der Waals surface area (Å²) in [6.45, 7) is 0.962. The average Bonchev–Trinajstić information content (AvgIpc) is 2.70. The first kappa shape index (κ1) is 17.6. The van der Waals surface area contributed by atoms with Crippen molar-refractivity contribution in [1.29, 1.82) is 0 Å². The van der Waals surface area contributed by atoms with Gasteiger partial charge in [0.2, 0.25) is 5.91 Å².